The molecule has 0 radical (unpaired) electrons. The molecule has 0 N–H and O–H groups in total. The predicted molar refractivity (Wildman–Crippen MR) is 117 cm³/mol. The van der Waals surface area contributed by atoms with Crippen LogP contribution in [0.1, 0.15) is 54.9 Å². The molecule has 0 saturated carbocycles. The van der Waals surface area contributed by atoms with E-state index >= 15 is 0 Å². The summed E-state index contributed by atoms with van der Waals surface area (Å²) in [5.41, 5.74) is 10.2. The molecule has 3 aromatic carbocycles. The van der Waals surface area contributed by atoms with Gasteiger partial charge in [-0.1, -0.05) is 68.3 Å². The van der Waals surface area contributed by atoms with Crippen molar-refractivity contribution >= 4 is 0 Å². The van der Waals surface area contributed by atoms with Crippen LogP contribution < -0.4 is 0 Å². The summed E-state index contributed by atoms with van der Waals surface area (Å²) in [5, 5.41) is 9.20. The summed E-state index contributed by atoms with van der Waals surface area (Å²) in [5.74, 6) is 0. The first-order chi connectivity index (χ1) is 13.8. The Kier molecular flexibility index (Phi) is 5.58. The van der Waals surface area contributed by atoms with E-state index in [-0.39, 0.29) is 0 Å². The normalized spacial score (nSPS) is 12.6. The maximum Gasteiger partial charge on any atom is 0.0991 e. The van der Waals surface area contributed by atoms with E-state index in [1.54, 1.807) is 0 Å². The van der Waals surface area contributed by atoms with Gasteiger partial charge in [0.05, 0.1) is 11.6 Å². The van der Waals surface area contributed by atoms with E-state index < -0.39 is 0 Å². The highest BCUT2D eigenvalue weighted by molar-refractivity contribution is 5.77. The molecule has 0 fully saturated rings. The largest absolute Gasteiger partial charge is 0.192 e. The first-order valence-electron chi connectivity index (χ1n) is 10.5. The number of hydrogen-bond donors (Lipinski definition) is 0. The molecule has 0 aromatic heterocycles. The van der Waals surface area contributed by atoms with Crippen LogP contribution in [0.4, 0.5) is 0 Å². The van der Waals surface area contributed by atoms with Gasteiger partial charge < -0.3 is 0 Å². The number of unbranched alkanes of at least 4 members (excludes halogenated alkanes) is 2. The molecule has 3 aromatic rings. The Morgan fingerprint density at radius 3 is 2.18 bits per heavy atom. The van der Waals surface area contributed by atoms with E-state index in [2.05, 4.69) is 67.6 Å². The molecule has 4 rings (SSSR count). The molecule has 0 aliphatic heterocycles. The number of fused-ring (bicyclic) bond motifs is 3. The van der Waals surface area contributed by atoms with Gasteiger partial charge in [0.15, 0.2) is 0 Å². The average Bonchev–Trinajstić information content (AvgIpc) is 2.92. The van der Waals surface area contributed by atoms with Crippen LogP contribution >= 0.6 is 0 Å². The van der Waals surface area contributed by atoms with Crippen LogP contribution in [0.15, 0.2) is 60.7 Å². The Bertz CT molecular complexity index is 1010. The molecular formula is C27H27N. The fraction of sp³-hybridized carbons (Fsp3) is 0.296. The van der Waals surface area contributed by atoms with Crippen molar-refractivity contribution in [2.75, 3.05) is 0 Å². The summed E-state index contributed by atoms with van der Waals surface area (Å²) in [6, 6.07) is 24.4. The minimum absolute atomic E-state index is 0.762. The van der Waals surface area contributed by atoms with Gasteiger partial charge >= 0.3 is 0 Å². The summed E-state index contributed by atoms with van der Waals surface area (Å²) < 4.78 is 0. The molecule has 1 nitrogen and oxygen atoms in total. The van der Waals surface area contributed by atoms with Crippen molar-refractivity contribution in [1.29, 1.82) is 5.26 Å². The smallest absolute Gasteiger partial charge is 0.0991 e. The Morgan fingerprint density at radius 1 is 0.786 bits per heavy atom. The second-order valence-electron chi connectivity index (χ2n) is 7.86. The van der Waals surface area contributed by atoms with Gasteiger partial charge in [-0.15, -0.1) is 0 Å². The van der Waals surface area contributed by atoms with E-state index in [1.807, 2.05) is 6.07 Å². The zero-order valence-corrected chi connectivity index (χ0v) is 16.7. The zero-order valence-electron chi connectivity index (χ0n) is 16.7. The fourth-order valence-corrected chi connectivity index (χ4v) is 4.29. The average molecular weight is 366 g/mol. The summed E-state index contributed by atoms with van der Waals surface area (Å²) in [7, 11) is 0. The van der Waals surface area contributed by atoms with Crippen LogP contribution in [0.5, 0.6) is 0 Å². The summed E-state index contributed by atoms with van der Waals surface area (Å²) in [6.45, 7) is 2.25. The lowest BCUT2D eigenvalue weighted by atomic mass is 9.92. The molecule has 0 bridgehead atoms. The topological polar surface area (TPSA) is 23.8 Å². The van der Waals surface area contributed by atoms with Gasteiger partial charge in [-0.25, -0.2) is 0 Å². The maximum atomic E-state index is 9.20. The molecule has 0 spiro atoms. The third-order valence-electron chi connectivity index (χ3n) is 5.88. The van der Waals surface area contributed by atoms with Gasteiger partial charge in [-0.3, -0.25) is 0 Å². The standard InChI is InChI=1S/C27H27N/c1-2-3-4-6-20-9-12-22(13-10-20)23-14-16-27-25(18-23)8-5-7-24-17-21(19-28)11-15-26(24)27/h9-18H,2-8H2,1H3. The van der Waals surface area contributed by atoms with Crippen LogP contribution in [-0.4, -0.2) is 0 Å². The molecule has 1 aliphatic carbocycles. The van der Waals surface area contributed by atoms with E-state index in [9.17, 15) is 5.26 Å². The summed E-state index contributed by atoms with van der Waals surface area (Å²) >= 11 is 0. The number of nitrogens with zero attached hydrogens (tertiary/aromatic N) is 1. The highest BCUT2D eigenvalue weighted by Crippen LogP contribution is 2.35. The van der Waals surface area contributed by atoms with Crippen LogP contribution in [0.25, 0.3) is 22.3 Å². The van der Waals surface area contributed by atoms with Gasteiger partial charge in [0, 0.05) is 0 Å². The molecule has 0 amide bonds. The minimum atomic E-state index is 0.762. The molecule has 140 valence electrons. The first kappa shape index (κ1) is 18.5. The lowest BCUT2D eigenvalue weighted by Crippen LogP contribution is -1.91. The van der Waals surface area contributed by atoms with Crippen molar-refractivity contribution in [3.63, 3.8) is 0 Å². The highest BCUT2D eigenvalue weighted by atomic mass is 14.2. The highest BCUT2D eigenvalue weighted by Gasteiger charge is 2.15. The molecule has 0 atom stereocenters. The predicted octanol–water partition coefficient (Wildman–Crippen LogP) is 7.11. The Morgan fingerprint density at radius 2 is 1.46 bits per heavy atom. The van der Waals surface area contributed by atoms with Crippen molar-refractivity contribution in [1.82, 2.24) is 0 Å². The van der Waals surface area contributed by atoms with Crippen molar-refractivity contribution in [3.8, 4) is 28.3 Å². The van der Waals surface area contributed by atoms with Crippen molar-refractivity contribution < 1.29 is 0 Å². The summed E-state index contributed by atoms with van der Waals surface area (Å²) in [6.07, 6.45) is 8.31. The van der Waals surface area contributed by atoms with Gasteiger partial charge in [0.25, 0.3) is 0 Å². The number of rotatable bonds is 5. The van der Waals surface area contributed by atoms with Gasteiger partial charge in [0.2, 0.25) is 0 Å². The Hall–Kier alpha value is -2.85. The third kappa shape index (κ3) is 3.87. The molecule has 0 heterocycles. The molecule has 0 saturated heterocycles. The van der Waals surface area contributed by atoms with E-state index in [0.29, 0.717) is 0 Å². The van der Waals surface area contributed by atoms with E-state index in [1.165, 1.54) is 64.6 Å². The monoisotopic (exact) mass is 365 g/mol. The van der Waals surface area contributed by atoms with Gasteiger partial charge in [-0.05, 0) is 83.2 Å². The van der Waals surface area contributed by atoms with Crippen LogP contribution in [-0.2, 0) is 19.3 Å². The van der Waals surface area contributed by atoms with Crippen LogP contribution in [0, 0.1) is 11.3 Å². The molecule has 1 heteroatoms. The lowest BCUT2D eigenvalue weighted by molar-refractivity contribution is 0.717. The number of aryl methyl sites for hydroxylation is 3. The van der Waals surface area contributed by atoms with E-state index in [0.717, 1.165) is 24.8 Å². The molecule has 28 heavy (non-hydrogen) atoms. The second-order valence-corrected chi connectivity index (χ2v) is 7.86. The number of hydrogen-bond acceptors (Lipinski definition) is 1. The van der Waals surface area contributed by atoms with E-state index in [4.69, 9.17) is 0 Å². The van der Waals surface area contributed by atoms with Crippen molar-refractivity contribution in [2.45, 2.75) is 51.9 Å². The van der Waals surface area contributed by atoms with Crippen molar-refractivity contribution in [2.24, 2.45) is 0 Å². The maximum absolute atomic E-state index is 9.20. The quantitative estimate of drug-likeness (QED) is 0.442. The lowest BCUT2D eigenvalue weighted by Gasteiger charge is -2.12. The van der Waals surface area contributed by atoms with Gasteiger partial charge in [0.1, 0.15) is 0 Å². The molecular weight excluding hydrogens is 338 g/mol. The number of nitriles is 1. The Balaban J connectivity index is 1.62. The molecule has 0 unspecified atom stereocenters. The SMILES string of the molecule is CCCCCc1ccc(-c2ccc3c(c2)CCCc2cc(C#N)ccc2-3)cc1. The Labute approximate surface area is 168 Å². The first-order valence-corrected chi connectivity index (χ1v) is 10.5. The zero-order chi connectivity index (χ0) is 19.3. The third-order valence-corrected chi connectivity index (χ3v) is 5.88. The molecule has 1 aliphatic rings. The second kappa shape index (κ2) is 8.44. The van der Waals surface area contributed by atoms with Crippen molar-refractivity contribution in [3.05, 3.63) is 82.9 Å². The van der Waals surface area contributed by atoms with Crippen LogP contribution in [0.2, 0.25) is 0 Å². The minimum Gasteiger partial charge on any atom is -0.192 e. The summed E-state index contributed by atoms with van der Waals surface area (Å²) in [4.78, 5) is 0. The fourth-order valence-electron chi connectivity index (χ4n) is 4.29. The number of benzene rings is 3. The van der Waals surface area contributed by atoms with Crippen LogP contribution in [0.3, 0.4) is 0 Å². The van der Waals surface area contributed by atoms with Gasteiger partial charge in [-0.2, -0.15) is 5.26 Å².